The molecule has 1 aromatic rings. The minimum absolute atomic E-state index is 0.0477. The molecule has 0 bridgehead atoms. The van der Waals surface area contributed by atoms with E-state index in [0.29, 0.717) is 24.8 Å². The van der Waals surface area contributed by atoms with Crippen LogP contribution in [0.1, 0.15) is 23.0 Å². The summed E-state index contributed by atoms with van der Waals surface area (Å²) in [6.45, 7) is 4.86. The molecular weight excluding hydrogens is 242 g/mol. The van der Waals surface area contributed by atoms with E-state index in [1.165, 1.54) is 6.26 Å². The van der Waals surface area contributed by atoms with Gasteiger partial charge in [0, 0.05) is 12.1 Å². The Balaban J connectivity index is 2.15. The van der Waals surface area contributed by atoms with E-state index in [0.717, 1.165) is 5.56 Å². The predicted molar refractivity (Wildman–Crippen MR) is 64.4 cm³/mol. The number of furan rings is 1. The van der Waals surface area contributed by atoms with E-state index in [2.05, 4.69) is 0 Å². The second kappa shape index (κ2) is 5.10. The van der Waals surface area contributed by atoms with Gasteiger partial charge in [-0.15, -0.1) is 11.6 Å². The second-order valence-corrected chi connectivity index (χ2v) is 4.66. The molecule has 1 aliphatic rings. The number of halogens is 1. The van der Waals surface area contributed by atoms with E-state index < -0.39 is 0 Å². The molecule has 2 atom stereocenters. The summed E-state index contributed by atoms with van der Waals surface area (Å²) in [6, 6.07) is 1.84. The lowest BCUT2D eigenvalue weighted by atomic mass is 10.1. The van der Waals surface area contributed by atoms with E-state index >= 15 is 0 Å². The standard InChI is InChI=1S/C12H16ClNO3/c1-8-3-4-16-11(8)12(15)14-6-10(5-13)17-7-9(14)2/h3-4,9-10H,5-7H2,1-2H3. The molecule has 0 saturated carbocycles. The van der Waals surface area contributed by atoms with E-state index in [1.54, 1.807) is 11.0 Å². The van der Waals surface area contributed by atoms with Gasteiger partial charge in [0.15, 0.2) is 5.76 Å². The van der Waals surface area contributed by atoms with E-state index in [4.69, 9.17) is 20.8 Å². The van der Waals surface area contributed by atoms with Crippen LogP contribution in [0.15, 0.2) is 16.7 Å². The quantitative estimate of drug-likeness (QED) is 0.762. The maximum Gasteiger partial charge on any atom is 0.290 e. The third kappa shape index (κ3) is 2.48. The molecule has 2 heterocycles. The van der Waals surface area contributed by atoms with Gasteiger partial charge in [0.2, 0.25) is 0 Å². The zero-order chi connectivity index (χ0) is 12.4. The van der Waals surface area contributed by atoms with Gasteiger partial charge in [0.25, 0.3) is 5.91 Å². The summed E-state index contributed by atoms with van der Waals surface area (Å²) in [6.07, 6.45) is 1.44. The van der Waals surface area contributed by atoms with Gasteiger partial charge in [-0.2, -0.15) is 0 Å². The number of aryl methyl sites for hydroxylation is 1. The Bertz CT molecular complexity index is 404. The SMILES string of the molecule is Cc1ccoc1C(=O)N1CC(CCl)OCC1C. The number of rotatable bonds is 2. The summed E-state index contributed by atoms with van der Waals surface area (Å²) in [5.41, 5.74) is 0.858. The smallest absolute Gasteiger partial charge is 0.290 e. The number of ether oxygens (including phenoxy) is 1. The molecule has 0 N–H and O–H groups in total. The highest BCUT2D eigenvalue weighted by molar-refractivity contribution is 6.18. The molecule has 1 amide bonds. The first kappa shape index (κ1) is 12.5. The number of alkyl halides is 1. The zero-order valence-corrected chi connectivity index (χ0v) is 10.7. The average Bonchev–Trinajstić information content (AvgIpc) is 2.75. The van der Waals surface area contributed by atoms with Crippen molar-refractivity contribution in [3.8, 4) is 0 Å². The van der Waals surface area contributed by atoms with Crippen LogP contribution in [0.25, 0.3) is 0 Å². The van der Waals surface area contributed by atoms with Crippen LogP contribution in [-0.2, 0) is 4.74 Å². The lowest BCUT2D eigenvalue weighted by molar-refractivity contribution is -0.0381. The lowest BCUT2D eigenvalue weighted by Gasteiger charge is -2.37. The van der Waals surface area contributed by atoms with Crippen LogP contribution in [0.5, 0.6) is 0 Å². The fraction of sp³-hybridized carbons (Fsp3) is 0.583. The number of hydrogen-bond acceptors (Lipinski definition) is 3. The maximum atomic E-state index is 12.3. The molecule has 1 aromatic heterocycles. The van der Waals surface area contributed by atoms with Crippen molar-refractivity contribution in [3.63, 3.8) is 0 Å². The Hall–Kier alpha value is -1.00. The van der Waals surface area contributed by atoms with E-state index in [9.17, 15) is 4.79 Å². The first-order valence-corrected chi connectivity index (χ1v) is 6.19. The summed E-state index contributed by atoms with van der Waals surface area (Å²) in [4.78, 5) is 14.1. The molecule has 1 aliphatic heterocycles. The van der Waals surface area contributed by atoms with Gasteiger partial charge in [-0.3, -0.25) is 4.79 Å². The highest BCUT2D eigenvalue weighted by Gasteiger charge is 2.31. The number of carbonyl (C=O) groups excluding carboxylic acids is 1. The van der Waals surface area contributed by atoms with Crippen molar-refractivity contribution in [2.75, 3.05) is 19.0 Å². The highest BCUT2D eigenvalue weighted by Crippen LogP contribution is 2.18. The van der Waals surface area contributed by atoms with Crippen LogP contribution < -0.4 is 0 Å². The fourth-order valence-electron chi connectivity index (χ4n) is 1.92. The molecule has 2 rings (SSSR count). The van der Waals surface area contributed by atoms with Crippen LogP contribution in [0.2, 0.25) is 0 Å². The van der Waals surface area contributed by atoms with Gasteiger partial charge in [-0.25, -0.2) is 0 Å². The first-order valence-electron chi connectivity index (χ1n) is 5.66. The molecule has 0 aliphatic carbocycles. The fourth-order valence-corrected chi connectivity index (χ4v) is 2.10. The second-order valence-electron chi connectivity index (χ2n) is 4.35. The van der Waals surface area contributed by atoms with Gasteiger partial charge in [-0.05, 0) is 19.9 Å². The van der Waals surface area contributed by atoms with Gasteiger partial charge < -0.3 is 14.1 Å². The minimum atomic E-state index is -0.0907. The number of carbonyl (C=O) groups is 1. The summed E-state index contributed by atoms with van der Waals surface area (Å²) in [7, 11) is 0. The Morgan fingerprint density at radius 1 is 1.65 bits per heavy atom. The van der Waals surface area contributed by atoms with Crippen molar-refractivity contribution in [2.24, 2.45) is 0 Å². The topological polar surface area (TPSA) is 42.7 Å². The molecule has 4 nitrogen and oxygen atoms in total. The Kier molecular flexibility index (Phi) is 3.74. The summed E-state index contributed by atoms with van der Waals surface area (Å²) < 4.78 is 10.7. The summed E-state index contributed by atoms with van der Waals surface area (Å²) in [5.74, 6) is 0.721. The third-order valence-corrected chi connectivity index (χ3v) is 3.34. The summed E-state index contributed by atoms with van der Waals surface area (Å²) in [5, 5.41) is 0. The number of amides is 1. The van der Waals surface area contributed by atoms with Crippen molar-refractivity contribution >= 4 is 17.5 Å². The van der Waals surface area contributed by atoms with Gasteiger partial charge >= 0.3 is 0 Å². The Morgan fingerprint density at radius 2 is 2.41 bits per heavy atom. The van der Waals surface area contributed by atoms with Gasteiger partial charge in [0.05, 0.1) is 30.9 Å². The number of morpholine rings is 1. The molecule has 0 radical (unpaired) electrons. The van der Waals surface area contributed by atoms with Gasteiger partial charge in [0.1, 0.15) is 0 Å². The van der Waals surface area contributed by atoms with Crippen molar-refractivity contribution < 1.29 is 13.9 Å². The normalized spacial score (nSPS) is 25.0. The molecule has 0 spiro atoms. The van der Waals surface area contributed by atoms with Crippen molar-refractivity contribution in [2.45, 2.75) is 26.0 Å². The molecule has 17 heavy (non-hydrogen) atoms. The van der Waals surface area contributed by atoms with Crippen LogP contribution in [0.3, 0.4) is 0 Å². The number of hydrogen-bond donors (Lipinski definition) is 0. The third-order valence-electron chi connectivity index (χ3n) is 2.99. The van der Waals surface area contributed by atoms with E-state index in [1.807, 2.05) is 13.8 Å². The molecule has 94 valence electrons. The molecule has 0 aromatic carbocycles. The average molecular weight is 258 g/mol. The zero-order valence-electron chi connectivity index (χ0n) is 9.98. The van der Waals surface area contributed by atoms with Crippen LogP contribution >= 0.6 is 11.6 Å². The minimum Gasteiger partial charge on any atom is -0.459 e. The van der Waals surface area contributed by atoms with Crippen LogP contribution in [0.4, 0.5) is 0 Å². The Morgan fingerprint density at radius 3 is 3.00 bits per heavy atom. The molecule has 2 unspecified atom stereocenters. The molecule has 1 saturated heterocycles. The first-order chi connectivity index (χ1) is 8.13. The van der Waals surface area contributed by atoms with Crippen LogP contribution in [-0.4, -0.2) is 42.0 Å². The van der Waals surface area contributed by atoms with Gasteiger partial charge in [-0.1, -0.05) is 0 Å². The van der Waals surface area contributed by atoms with E-state index in [-0.39, 0.29) is 18.1 Å². The Labute approximate surface area is 105 Å². The molecule has 1 fully saturated rings. The summed E-state index contributed by atoms with van der Waals surface area (Å²) >= 11 is 5.77. The predicted octanol–water partition coefficient (Wildman–Crippen LogP) is 2.06. The highest BCUT2D eigenvalue weighted by atomic mass is 35.5. The monoisotopic (exact) mass is 257 g/mol. The van der Waals surface area contributed by atoms with Crippen molar-refractivity contribution in [1.29, 1.82) is 0 Å². The molecule has 5 heteroatoms. The maximum absolute atomic E-state index is 12.3. The largest absolute Gasteiger partial charge is 0.459 e. The van der Waals surface area contributed by atoms with Crippen molar-refractivity contribution in [1.82, 2.24) is 4.90 Å². The van der Waals surface area contributed by atoms with Crippen LogP contribution in [0, 0.1) is 6.92 Å². The molecular formula is C12H16ClNO3. The van der Waals surface area contributed by atoms with Crippen molar-refractivity contribution in [3.05, 3.63) is 23.7 Å². The lowest BCUT2D eigenvalue weighted by Crippen LogP contribution is -2.51. The number of nitrogens with zero attached hydrogens (tertiary/aromatic N) is 1.